The summed E-state index contributed by atoms with van der Waals surface area (Å²) in [6.07, 6.45) is 5.16. The van der Waals surface area contributed by atoms with E-state index >= 15 is 0 Å². The van der Waals surface area contributed by atoms with Gasteiger partial charge >= 0.3 is 0 Å². The molecule has 0 saturated carbocycles. The minimum absolute atomic E-state index is 0.358. The van der Waals surface area contributed by atoms with E-state index in [0.29, 0.717) is 31.5 Å². The van der Waals surface area contributed by atoms with Gasteiger partial charge in [0.25, 0.3) is 0 Å². The molecule has 2 aromatic rings. The predicted molar refractivity (Wildman–Crippen MR) is 114 cm³/mol. The number of amidine groups is 1. The largest absolute Gasteiger partial charge is 0.489 e. The molecule has 6 heteroatoms. The molecular formula is C22H28N4O2. The fourth-order valence-electron chi connectivity index (χ4n) is 2.32. The van der Waals surface area contributed by atoms with E-state index in [1.807, 2.05) is 66.4 Å². The van der Waals surface area contributed by atoms with E-state index in [1.54, 1.807) is 25.5 Å². The molecule has 0 heterocycles. The Hall–Kier alpha value is -3.25. The Morgan fingerprint density at radius 3 is 2.61 bits per heavy atom. The van der Waals surface area contributed by atoms with E-state index < -0.39 is 0 Å². The molecule has 0 saturated heterocycles. The van der Waals surface area contributed by atoms with Gasteiger partial charge in [0.15, 0.2) is 0 Å². The first-order chi connectivity index (χ1) is 13.6. The highest BCUT2D eigenvalue weighted by molar-refractivity contribution is 5.77. The van der Waals surface area contributed by atoms with Crippen LogP contribution in [-0.2, 0) is 11.3 Å². The zero-order chi connectivity index (χ0) is 20.2. The highest BCUT2D eigenvalue weighted by atomic mass is 16.5. The number of nitrogens with zero attached hydrogens (tertiary/aromatic N) is 2. The molecule has 148 valence electrons. The lowest BCUT2D eigenvalue weighted by Gasteiger charge is -2.16. The fourth-order valence-corrected chi connectivity index (χ4v) is 2.32. The Kier molecular flexibility index (Phi) is 8.62. The predicted octanol–water partition coefficient (Wildman–Crippen LogP) is 3.67. The molecule has 0 aromatic heterocycles. The summed E-state index contributed by atoms with van der Waals surface area (Å²) in [5.74, 6) is 1.24. The smallest absolute Gasteiger partial charge is 0.122 e. The summed E-state index contributed by atoms with van der Waals surface area (Å²) in [5.41, 5.74) is 14.4. The lowest BCUT2D eigenvalue weighted by atomic mass is 10.1. The summed E-state index contributed by atoms with van der Waals surface area (Å²) in [5, 5.41) is 0. The molecule has 0 aliphatic heterocycles. The maximum atomic E-state index is 6.29. The van der Waals surface area contributed by atoms with E-state index in [9.17, 15) is 0 Å². The molecule has 0 spiro atoms. The van der Waals surface area contributed by atoms with Crippen LogP contribution in [0.5, 0.6) is 5.75 Å². The van der Waals surface area contributed by atoms with Crippen molar-refractivity contribution in [3.63, 3.8) is 0 Å². The highest BCUT2D eigenvalue weighted by Crippen LogP contribution is 2.19. The van der Waals surface area contributed by atoms with Crippen LogP contribution < -0.4 is 16.2 Å². The van der Waals surface area contributed by atoms with Crippen LogP contribution in [0.1, 0.15) is 25.0 Å². The summed E-state index contributed by atoms with van der Waals surface area (Å²) in [6, 6.07) is 17.7. The molecular weight excluding hydrogens is 352 g/mol. The van der Waals surface area contributed by atoms with Crippen molar-refractivity contribution >= 4 is 11.5 Å². The number of aliphatic imine (C=N–C) groups is 1. The first kappa shape index (κ1) is 21.1. The SMILES string of the molecule is CCOCN(/C=C\N=C(C)N)/C=C(\N)c1cccc(OCc2ccccc2)c1. The second kappa shape index (κ2) is 11.5. The Morgan fingerprint density at radius 2 is 1.89 bits per heavy atom. The number of benzene rings is 2. The van der Waals surface area contributed by atoms with Gasteiger partial charge in [-0.05, 0) is 31.5 Å². The third-order valence-electron chi connectivity index (χ3n) is 3.70. The van der Waals surface area contributed by atoms with Crippen LogP contribution in [0.3, 0.4) is 0 Å². The topological polar surface area (TPSA) is 86.1 Å². The van der Waals surface area contributed by atoms with Gasteiger partial charge in [0.1, 0.15) is 19.1 Å². The van der Waals surface area contributed by atoms with E-state index in [4.69, 9.17) is 20.9 Å². The van der Waals surface area contributed by atoms with Gasteiger partial charge < -0.3 is 25.8 Å². The van der Waals surface area contributed by atoms with Crippen molar-refractivity contribution in [1.29, 1.82) is 0 Å². The standard InChI is InChI=1S/C22H28N4O2/c1-3-27-17-26(13-12-25-18(2)23)15-22(24)20-10-7-11-21(14-20)28-16-19-8-5-4-6-9-19/h4-15H,3,16-17,24H2,1-2H3,(H2,23,25)/b13-12-,22-15-. The molecule has 6 nitrogen and oxygen atoms in total. The van der Waals surface area contributed by atoms with Crippen molar-refractivity contribution in [3.8, 4) is 5.75 Å². The number of rotatable bonds is 10. The molecule has 4 N–H and O–H groups in total. The quantitative estimate of drug-likeness (QED) is 0.373. The zero-order valence-corrected chi connectivity index (χ0v) is 16.4. The molecule has 0 atom stereocenters. The lowest BCUT2D eigenvalue weighted by molar-refractivity contribution is 0.0850. The molecule has 0 radical (unpaired) electrons. The summed E-state index contributed by atoms with van der Waals surface area (Å²) in [4.78, 5) is 5.85. The van der Waals surface area contributed by atoms with Gasteiger partial charge in [-0.15, -0.1) is 0 Å². The van der Waals surface area contributed by atoms with E-state index in [2.05, 4.69) is 4.99 Å². The highest BCUT2D eigenvalue weighted by Gasteiger charge is 2.03. The Balaban J connectivity index is 2.10. The van der Waals surface area contributed by atoms with Gasteiger partial charge in [0.2, 0.25) is 0 Å². The van der Waals surface area contributed by atoms with Gasteiger partial charge in [0, 0.05) is 30.8 Å². The van der Waals surface area contributed by atoms with Crippen LogP contribution in [0.15, 0.2) is 78.2 Å². The summed E-state index contributed by atoms with van der Waals surface area (Å²) in [7, 11) is 0. The molecule has 2 aromatic carbocycles. The van der Waals surface area contributed by atoms with Crippen LogP contribution in [0, 0.1) is 0 Å². The zero-order valence-electron chi connectivity index (χ0n) is 16.4. The first-order valence-corrected chi connectivity index (χ1v) is 9.13. The number of hydrogen-bond donors (Lipinski definition) is 2. The molecule has 0 bridgehead atoms. The molecule has 0 aliphatic rings. The molecule has 28 heavy (non-hydrogen) atoms. The van der Waals surface area contributed by atoms with Crippen molar-refractivity contribution in [2.45, 2.75) is 20.5 Å². The summed E-state index contributed by atoms with van der Waals surface area (Å²) >= 11 is 0. The third kappa shape index (κ3) is 7.55. The van der Waals surface area contributed by atoms with Crippen LogP contribution >= 0.6 is 0 Å². The second-order valence-corrected chi connectivity index (χ2v) is 6.09. The minimum Gasteiger partial charge on any atom is -0.489 e. The van der Waals surface area contributed by atoms with Gasteiger partial charge in [-0.3, -0.25) is 0 Å². The fraction of sp³-hybridized carbons (Fsp3) is 0.227. The monoisotopic (exact) mass is 380 g/mol. The Bertz CT molecular complexity index is 812. The van der Waals surface area contributed by atoms with E-state index in [1.165, 1.54) is 0 Å². The van der Waals surface area contributed by atoms with Gasteiger partial charge in [-0.2, -0.15) is 0 Å². The average Bonchev–Trinajstić information content (AvgIpc) is 2.71. The number of nitrogens with two attached hydrogens (primary N) is 2. The average molecular weight is 380 g/mol. The van der Waals surface area contributed by atoms with Crippen LogP contribution in [0.25, 0.3) is 5.70 Å². The molecule has 0 unspecified atom stereocenters. The molecule has 0 aliphatic carbocycles. The van der Waals surface area contributed by atoms with Crippen molar-refractivity contribution < 1.29 is 9.47 Å². The molecule has 0 amide bonds. The lowest BCUT2D eigenvalue weighted by Crippen LogP contribution is -2.16. The minimum atomic E-state index is 0.358. The maximum Gasteiger partial charge on any atom is 0.122 e. The van der Waals surface area contributed by atoms with Crippen molar-refractivity contribution in [2.24, 2.45) is 16.5 Å². The van der Waals surface area contributed by atoms with Crippen molar-refractivity contribution in [2.75, 3.05) is 13.3 Å². The Morgan fingerprint density at radius 1 is 1.11 bits per heavy atom. The molecule has 2 rings (SSSR count). The maximum absolute atomic E-state index is 6.29. The van der Waals surface area contributed by atoms with Gasteiger partial charge in [-0.25, -0.2) is 4.99 Å². The van der Waals surface area contributed by atoms with Crippen molar-refractivity contribution in [1.82, 2.24) is 4.90 Å². The van der Waals surface area contributed by atoms with Crippen LogP contribution in [0.4, 0.5) is 0 Å². The summed E-state index contributed by atoms with van der Waals surface area (Å²) < 4.78 is 11.3. The van der Waals surface area contributed by atoms with Crippen LogP contribution in [-0.4, -0.2) is 24.1 Å². The van der Waals surface area contributed by atoms with E-state index in [0.717, 1.165) is 16.9 Å². The molecule has 0 fully saturated rings. The van der Waals surface area contributed by atoms with Crippen molar-refractivity contribution in [3.05, 3.63) is 84.3 Å². The normalized spacial score (nSPS) is 12.4. The van der Waals surface area contributed by atoms with Crippen LogP contribution in [0.2, 0.25) is 0 Å². The van der Waals surface area contributed by atoms with E-state index in [-0.39, 0.29) is 0 Å². The first-order valence-electron chi connectivity index (χ1n) is 9.13. The van der Waals surface area contributed by atoms with Gasteiger partial charge in [0.05, 0.1) is 11.5 Å². The number of hydrogen-bond acceptors (Lipinski definition) is 5. The summed E-state index contributed by atoms with van der Waals surface area (Å²) in [6.45, 7) is 5.12. The third-order valence-corrected chi connectivity index (χ3v) is 3.70. The van der Waals surface area contributed by atoms with Gasteiger partial charge in [-0.1, -0.05) is 42.5 Å². The number of ether oxygens (including phenoxy) is 2. The second-order valence-electron chi connectivity index (χ2n) is 6.09. The Labute approximate surface area is 166 Å².